The Balaban J connectivity index is 2.15. The SMILES string of the molecule is CC1CCNC(C(=O)NCCCCO)C1. The van der Waals surface area contributed by atoms with E-state index in [1.165, 1.54) is 0 Å². The highest BCUT2D eigenvalue weighted by Crippen LogP contribution is 2.14. The predicted octanol–water partition coefficient (Wildman–Crippen LogP) is 0.263. The standard InChI is InChI=1S/C11H22N2O2/c1-9-4-6-12-10(8-9)11(15)13-5-2-3-7-14/h9-10,12,14H,2-8H2,1H3,(H,13,15). The summed E-state index contributed by atoms with van der Waals surface area (Å²) in [7, 11) is 0. The van der Waals surface area contributed by atoms with E-state index in [1.807, 2.05) is 0 Å². The maximum atomic E-state index is 11.7. The van der Waals surface area contributed by atoms with Crippen LogP contribution in [-0.2, 0) is 4.79 Å². The minimum atomic E-state index is -0.0112. The molecule has 0 bridgehead atoms. The number of amides is 1. The number of nitrogens with one attached hydrogen (secondary N) is 2. The van der Waals surface area contributed by atoms with Gasteiger partial charge in [0.25, 0.3) is 0 Å². The fourth-order valence-electron chi connectivity index (χ4n) is 1.88. The molecule has 0 aromatic rings. The molecule has 0 radical (unpaired) electrons. The number of carbonyl (C=O) groups excluding carboxylic acids is 1. The number of aliphatic hydroxyl groups is 1. The molecule has 1 heterocycles. The van der Waals surface area contributed by atoms with E-state index in [0.29, 0.717) is 12.5 Å². The molecule has 15 heavy (non-hydrogen) atoms. The summed E-state index contributed by atoms with van der Waals surface area (Å²) in [5, 5.41) is 14.7. The van der Waals surface area contributed by atoms with Crippen LogP contribution in [-0.4, -0.2) is 36.8 Å². The zero-order chi connectivity index (χ0) is 11.1. The molecule has 0 spiro atoms. The van der Waals surface area contributed by atoms with E-state index in [0.717, 1.165) is 32.2 Å². The molecule has 1 aliphatic rings. The van der Waals surface area contributed by atoms with Crippen LogP contribution in [0.5, 0.6) is 0 Å². The molecule has 4 heteroatoms. The van der Waals surface area contributed by atoms with Gasteiger partial charge >= 0.3 is 0 Å². The van der Waals surface area contributed by atoms with Crippen LogP contribution in [0, 0.1) is 5.92 Å². The maximum Gasteiger partial charge on any atom is 0.237 e. The van der Waals surface area contributed by atoms with Crippen LogP contribution < -0.4 is 10.6 Å². The van der Waals surface area contributed by atoms with Crippen LogP contribution in [0.4, 0.5) is 0 Å². The average Bonchev–Trinajstić information content (AvgIpc) is 2.24. The summed E-state index contributed by atoms with van der Waals surface area (Å²) in [4.78, 5) is 11.7. The topological polar surface area (TPSA) is 61.4 Å². The van der Waals surface area contributed by atoms with Crippen molar-refractivity contribution in [2.24, 2.45) is 5.92 Å². The van der Waals surface area contributed by atoms with Gasteiger partial charge in [0.2, 0.25) is 5.91 Å². The van der Waals surface area contributed by atoms with Crippen molar-refractivity contribution >= 4 is 5.91 Å². The van der Waals surface area contributed by atoms with Crippen molar-refractivity contribution in [1.82, 2.24) is 10.6 Å². The second-order valence-corrected chi connectivity index (χ2v) is 4.36. The maximum absolute atomic E-state index is 11.7. The van der Waals surface area contributed by atoms with Gasteiger partial charge in [-0.15, -0.1) is 0 Å². The Bertz CT molecular complexity index is 197. The largest absolute Gasteiger partial charge is 0.396 e. The van der Waals surface area contributed by atoms with Crippen molar-refractivity contribution < 1.29 is 9.90 Å². The van der Waals surface area contributed by atoms with E-state index in [1.54, 1.807) is 0 Å². The van der Waals surface area contributed by atoms with Crippen LogP contribution in [0.25, 0.3) is 0 Å². The highest BCUT2D eigenvalue weighted by molar-refractivity contribution is 5.81. The Hall–Kier alpha value is -0.610. The van der Waals surface area contributed by atoms with Crippen molar-refractivity contribution in [2.45, 2.75) is 38.6 Å². The van der Waals surface area contributed by atoms with E-state index >= 15 is 0 Å². The molecular weight excluding hydrogens is 192 g/mol. The Morgan fingerprint density at radius 1 is 1.53 bits per heavy atom. The first-order valence-corrected chi connectivity index (χ1v) is 5.86. The molecule has 1 amide bonds. The molecule has 0 aromatic carbocycles. The van der Waals surface area contributed by atoms with Crippen LogP contribution in [0.1, 0.15) is 32.6 Å². The average molecular weight is 214 g/mol. The number of aliphatic hydroxyl groups excluding tert-OH is 1. The highest BCUT2D eigenvalue weighted by atomic mass is 16.2. The molecular formula is C11H22N2O2. The molecule has 1 aliphatic heterocycles. The molecule has 88 valence electrons. The molecule has 1 rings (SSSR count). The summed E-state index contributed by atoms with van der Waals surface area (Å²) in [5.74, 6) is 0.749. The van der Waals surface area contributed by atoms with E-state index < -0.39 is 0 Å². The number of carbonyl (C=O) groups is 1. The molecule has 2 unspecified atom stereocenters. The van der Waals surface area contributed by atoms with Crippen molar-refractivity contribution in [3.63, 3.8) is 0 Å². The van der Waals surface area contributed by atoms with Crippen LogP contribution in [0.3, 0.4) is 0 Å². The first-order valence-electron chi connectivity index (χ1n) is 5.86. The molecule has 0 aromatic heterocycles. The Kier molecular flexibility index (Phi) is 5.65. The van der Waals surface area contributed by atoms with Gasteiger partial charge in [-0.1, -0.05) is 6.92 Å². The number of rotatable bonds is 5. The minimum absolute atomic E-state index is 0.0112. The Labute approximate surface area is 91.4 Å². The second kappa shape index (κ2) is 6.80. The molecule has 3 N–H and O–H groups in total. The number of piperidine rings is 1. The summed E-state index contributed by atoms with van der Waals surface area (Å²) in [6.45, 7) is 4.00. The Morgan fingerprint density at radius 3 is 3.00 bits per heavy atom. The van der Waals surface area contributed by atoms with Crippen molar-refractivity contribution in [1.29, 1.82) is 0 Å². The number of unbranched alkanes of at least 4 members (excludes halogenated alkanes) is 1. The quantitative estimate of drug-likeness (QED) is 0.575. The smallest absolute Gasteiger partial charge is 0.237 e. The third-order valence-corrected chi connectivity index (χ3v) is 2.87. The zero-order valence-corrected chi connectivity index (χ0v) is 9.46. The van der Waals surface area contributed by atoms with Gasteiger partial charge in [-0.3, -0.25) is 4.79 Å². The van der Waals surface area contributed by atoms with Crippen LogP contribution >= 0.6 is 0 Å². The number of hydrogen-bond donors (Lipinski definition) is 3. The van der Waals surface area contributed by atoms with Gasteiger partial charge in [0.05, 0.1) is 6.04 Å². The van der Waals surface area contributed by atoms with Gasteiger partial charge in [-0.25, -0.2) is 0 Å². The van der Waals surface area contributed by atoms with Crippen LogP contribution in [0.15, 0.2) is 0 Å². The van der Waals surface area contributed by atoms with E-state index in [4.69, 9.17) is 5.11 Å². The number of hydrogen-bond acceptors (Lipinski definition) is 3. The summed E-state index contributed by atoms with van der Waals surface area (Å²) in [5.41, 5.74) is 0. The van der Waals surface area contributed by atoms with Gasteiger partial charge in [0.15, 0.2) is 0 Å². The third kappa shape index (κ3) is 4.62. The van der Waals surface area contributed by atoms with E-state index in [-0.39, 0.29) is 18.6 Å². The third-order valence-electron chi connectivity index (χ3n) is 2.87. The normalized spacial score (nSPS) is 26.3. The molecule has 0 aliphatic carbocycles. The summed E-state index contributed by atoms with van der Waals surface area (Å²) in [6.07, 6.45) is 3.71. The fourth-order valence-corrected chi connectivity index (χ4v) is 1.88. The highest BCUT2D eigenvalue weighted by Gasteiger charge is 2.23. The van der Waals surface area contributed by atoms with Crippen LogP contribution in [0.2, 0.25) is 0 Å². The first kappa shape index (κ1) is 12.5. The molecule has 1 fully saturated rings. The summed E-state index contributed by atoms with van der Waals surface area (Å²) < 4.78 is 0. The van der Waals surface area contributed by atoms with E-state index in [9.17, 15) is 4.79 Å². The fraction of sp³-hybridized carbons (Fsp3) is 0.909. The minimum Gasteiger partial charge on any atom is -0.396 e. The molecule has 2 atom stereocenters. The summed E-state index contributed by atoms with van der Waals surface area (Å²) >= 11 is 0. The van der Waals surface area contributed by atoms with Gasteiger partial charge < -0.3 is 15.7 Å². The van der Waals surface area contributed by atoms with Crippen molar-refractivity contribution in [3.05, 3.63) is 0 Å². The van der Waals surface area contributed by atoms with Gasteiger partial charge in [-0.2, -0.15) is 0 Å². The molecule has 4 nitrogen and oxygen atoms in total. The lowest BCUT2D eigenvalue weighted by atomic mass is 9.94. The Morgan fingerprint density at radius 2 is 2.33 bits per heavy atom. The lowest BCUT2D eigenvalue weighted by Crippen LogP contribution is -2.48. The summed E-state index contributed by atoms with van der Waals surface area (Å²) in [6, 6.07) is -0.0112. The van der Waals surface area contributed by atoms with Gasteiger partial charge in [0.1, 0.15) is 0 Å². The monoisotopic (exact) mass is 214 g/mol. The second-order valence-electron chi connectivity index (χ2n) is 4.36. The lowest BCUT2D eigenvalue weighted by molar-refractivity contribution is -0.124. The van der Waals surface area contributed by atoms with Gasteiger partial charge in [0, 0.05) is 13.2 Å². The first-order chi connectivity index (χ1) is 7.24. The molecule has 0 saturated carbocycles. The molecule has 1 saturated heterocycles. The predicted molar refractivity (Wildman–Crippen MR) is 59.5 cm³/mol. The van der Waals surface area contributed by atoms with Crippen molar-refractivity contribution in [3.8, 4) is 0 Å². The van der Waals surface area contributed by atoms with Gasteiger partial charge in [-0.05, 0) is 38.1 Å². The lowest BCUT2D eigenvalue weighted by Gasteiger charge is -2.27. The zero-order valence-electron chi connectivity index (χ0n) is 9.46. The van der Waals surface area contributed by atoms with Crippen molar-refractivity contribution in [2.75, 3.05) is 19.7 Å². The van der Waals surface area contributed by atoms with E-state index in [2.05, 4.69) is 17.6 Å².